The number of esters is 1. The lowest BCUT2D eigenvalue weighted by atomic mass is 10.1. The van der Waals surface area contributed by atoms with Gasteiger partial charge in [-0.15, -0.1) is 0 Å². The van der Waals surface area contributed by atoms with E-state index in [0.717, 1.165) is 11.1 Å². The zero-order valence-electron chi connectivity index (χ0n) is 12.7. The quantitative estimate of drug-likeness (QED) is 0.623. The van der Waals surface area contributed by atoms with Crippen LogP contribution in [0.2, 0.25) is 0 Å². The Morgan fingerprint density at radius 3 is 2.17 bits per heavy atom. The fourth-order valence-electron chi connectivity index (χ4n) is 2.20. The molecule has 0 aromatic heterocycles. The van der Waals surface area contributed by atoms with Crippen molar-refractivity contribution in [2.45, 2.75) is 17.3 Å². The molecule has 5 heteroatoms. The van der Waals surface area contributed by atoms with E-state index in [2.05, 4.69) is 21.2 Å². The van der Waals surface area contributed by atoms with Crippen LogP contribution in [-0.2, 0) is 20.7 Å². The molecule has 1 amide bonds. The van der Waals surface area contributed by atoms with Gasteiger partial charge in [-0.3, -0.25) is 4.79 Å². The highest BCUT2D eigenvalue weighted by molar-refractivity contribution is 9.09. The van der Waals surface area contributed by atoms with Crippen molar-refractivity contribution in [1.29, 1.82) is 0 Å². The molecule has 4 nitrogen and oxygen atoms in total. The summed E-state index contributed by atoms with van der Waals surface area (Å²) in [7, 11) is 1.31. The molecule has 0 fully saturated rings. The Morgan fingerprint density at radius 1 is 1.04 bits per heavy atom. The van der Waals surface area contributed by atoms with E-state index in [9.17, 15) is 9.59 Å². The van der Waals surface area contributed by atoms with Crippen molar-refractivity contribution in [2.75, 3.05) is 7.11 Å². The number of alkyl halides is 1. The predicted octanol–water partition coefficient (Wildman–Crippen LogP) is 3.02. The van der Waals surface area contributed by atoms with Crippen molar-refractivity contribution < 1.29 is 14.3 Å². The van der Waals surface area contributed by atoms with E-state index >= 15 is 0 Å². The topological polar surface area (TPSA) is 55.4 Å². The summed E-state index contributed by atoms with van der Waals surface area (Å²) in [5, 5.41) is 2.75. The van der Waals surface area contributed by atoms with Gasteiger partial charge >= 0.3 is 5.97 Å². The average Bonchev–Trinajstić information content (AvgIpc) is 2.61. The number of carbonyl (C=O) groups is 2. The van der Waals surface area contributed by atoms with E-state index < -0.39 is 16.8 Å². The van der Waals surface area contributed by atoms with Crippen molar-refractivity contribution in [3.05, 3.63) is 71.8 Å². The molecule has 2 rings (SSSR count). The van der Waals surface area contributed by atoms with E-state index in [4.69, 9.17) is 4.74 Å². The van der Waals surface area contributed by atoms with E-state index in [1.54, 1.807) is 0 Å². The van der Waals surface area contributed by atoms with Crippen LogP contribution in [0.1, 0.15) is 16.0 Å². The molecule has 0 saturated carbocycles. The van der Waals surface area contributed by atoms with Gasteiger partial charge in [0.1, 0.15) is 10.9 Å². The predicted molar refractivity (Wildman–Crippen MR) is 92.2 cm³/mol. The lowest BCUT2D eigenvalue weighted by Crippen LogP contribution is -2.44. The summed E-state index contributed by atoms with van der Waals surface area (Å²) in [6.45, 7) is 0. The molecular weight excluding hydrogens is 358 g/mol. The molecule has 2 aromatic rings. The number of halogens is 1. The lowest BCUT2D eigenvalue weighted by molar-refractivity contribution is -0.145. The second-order valence-corrected chi connectivity index (χ2v) is 5.96. The molecule has 2 atom stereocenters. The monoisotopic (exact) mass is 375 g/mol. The Hall–Kier alpha value is -2.14. The molecule has 1 N–H and O–H groups in total. The van der Waals surface area contributed by atoms with E-state index in [1.165, 1.54) is 7.11 Å². The van der Waals surface area contributed by atoms with Crippen LogP contribution in [0.25, 0.3) is 0 Å². The summed E-state index contributed by atoms with van der Waals surface area (Å²) in [6.07, 6.45) is 0.383. The molecule has 1 unspecified atom stereocenters. The molecule has 0 heterocycles. The van der Waals surface area contributed by atoms with Crippen LogP contribution in [0.15, 0.2) is 60.7 Å². The van der Waals surface area contributed by atoms with Gasteiger partial charge in [0.25, 0.3) is 0 Å². The molecule has 0 spiro atoms. The van der Waals surface area contributed by atoms with Crippen LogP contribution in [-0.4, -0.2) is 25.0 Å². The molecule has 23 heavy (non-hydrogen) atoms. The summed E-state index contributed by atoms with van der Waals surface area (Å²) in [6, 6.07) is 18.1. The third kappa shape index (κ3) is 4.93. The standard InChI is InChI=1S/C18H18BrNO3/c1-23-18(22)15(12-13-8-4-2-5-9-13)20-17(21)16(19)14-10-6-3-7-11-14/h2-11,15-16H,12H2,1H3,(H,20,21)/t15-,16?/m0/s1. The third-order valence-electron chi connectivity index (χ3n) is 3.41. The fourth-order valence-corrected chi connectivity index (χ4v) is 2.64. The number of methoxy groups -OCH3 is 1. The van der Waals surface area contributed by atoms with E-state index in [-0.39, 0.29) is 5.91 Å². The molecule has 0 aliphatic carbocycles. The van der Waals surface area contributed by atoms with Crippen LogP contribution >= 0.6 is 15.9 Å². The van der Waals surface area contributed by atoms with Gasteiger partial charge in [-0.1, -0.05) is 76.6 Å². The maximum absolute atomic E-state index is 12.4. The number of rotatable bonds is 6. The molecular formula is C18H18BrNO3. The molecule has 120 valence electrons. The van der Waals surface area contributed by atoms with E-state index in [1.807, 2.05) is 60.7 Å². The number of hydrogen-bond donors (Lipinski definition) is 1. The third-order valence-corrected chi connectivity index (χ3v) is 4.35. The van der Waals surface area contributed by atoms with Crippen LogP contribution in [0.5, 0.6) is 0 Å². The second kappa shape index (κ2) is 8.48. The van der Waals surface area contributed by atoms with Crippen molar-refractivity contribution in [1.82, 2.24) is 5.32 Å². The number of carbonyl (C=O) groups excluding carboxylic acids is 2. The SMILES string of the molecule is COC(=O)[C@H](Cc1ccccc1)NC(=O)C(Br)c1ccccc1. The highest BCUT2D eigenvalue weighted by Gasteiger charge is 2.25. The average molecular weight is 376 g/mol. The molecule has 0 aliphatic heterocycles. The number of hydrogen-bond acceptors (Lipinski definition) is 3. The highest BCUT2D eigenvalue weighted by atomic mass is 79.9. The summed E-state index contributed by atoms with van der Waals surface area (Å²) in [4.78, 5) is 23.8. The van der Waals surface area contributed by atoms with Crippen LogP contribution in [0, 0.1) is 0 Å². The maximum Gasteiger partial charge on any atom is 0.328 e. The maximum atomic E-state index is 12.4. The Labute approximate surface area is 144 Å². The number of ether oxygens (including phenoxy) is 1. The minimum atomic E-state index is -0.723. The van der Waals surface area contributed by atoms with Crippen molar-refractivity contribution >= 4 is 27.8 Å². The number of benzene rings is 2. The Balaban J connectivity index is 2.08. The van der Waals surface area contributed by atoms with Crippen LogP contribution in [0.3, 0.4) is 0 Å². The van der Waals surface area contributed by atoms with Gasteiger partial charge in [-0.05, 0) is 11.1 Å². The van der Waals surface area contributed by atoms with Crippen LogP contribution in [0.4, 0.5) is 0 Å². The van der Waals surface area contributed by atoms with E-state index in [0.29, 0.717) is 6.42 Å². The molecule has 2 aromatic carbocycles. The van der Waals surface area contributed by atoms with Crippen molar-refractivity contribution in [3.63, 3.8) is 0 Å². The lowest BCUT2D eigenvalue weighted by Gasteiger charge is -2.19. The summed E-state index contributed by atoms with van der Waals surface area (Å²) >= 11 is 3.37. The van der Waals surface area contributed by atoms with Gasteiger partial charge in [0.15, 0.2) is 0 Å². The van der Waals surface area contributed by atoms with Gasteiger partial charge in [0.05, 0.1) is 7.11 Å². The first kappa shape index (κ1) is 17.2. The fraction of sp³-hybridized carbons (Fsp3) is 0.222. The summed E-state index contributed by atoms with van der Waals surface area (Å²) < 4.78 is 4.80. The minimum absolute atomic E-state index is 0.275. The van der Waals surface area contributed by atoms with Gasteiger partial charge in [-0.2, -0.15) is 0 Å². The van der Waals surface area contributed by atoms with Crippen molar-refractivity contribution in [3.8, 4) is 0 Å². The zero-order valence-corrected chi connectivity index (χ0v) is 14.3. The molecule has 0 saturated heterocycles. The Morgan fingerprint density at radius 2 is 1.61 bits per heavy atom. The van der Waals surface area contributed by atoms with Gasteiger partial charge < -0.3 is 10.1 Å². The molecule has 0 radical (unpaired) electrons. The first-order valence-corrected chi connectivity index (χ1v) is 8.14. The first-order chi connectivity index (χ1) is 11.1. The zero-order chi connectivity index (χ0) is 16.7. The van der Waals surface area contributed by atoms with Crippen molar-refractivity contribution in [2.24, 2.45) is 0 Å². The normalized spacial score (nSPS) is 13.0. The largest absolute Gasteiger partial charge is 0.467 e. The highest BCUT2D eigenvalue weighted by Crippen LogP contribution is 2.22. The van der Waals surface area contributed by atoms with Crippen LogP contribution < -0.4 is 5.32 Å². The Kier molecular flexibility index (Phi) is 6.35. The van der Waals surface area contributed by atoms with Gasteiger partial charge in [0.2, 0.25) is 5.91 Å². The molecule has 0 aliphatic rings. The smallest absolute Gasteiger partial charge is 0.328 e. The second-order valence-electron chi connectivity index (χ2n) is 5.05. The first-order valence-electron chi connectivity index (χ1n) is 7.23. The van der Waals surface area contributed by atoms with Gasteiger partial charge in [0, 0.05) is 6.42 Å². The number of amides is 1. The Bertz CT molecular complexity index is 646. The number of nitrogens with one attached hydrogen (secondary N) is 1. The summed E-state index contributed by atoms with van der Waals surface area (Å²) in [5.74, 6) is -0.738. The molecule has 0 bridgehead atoms. The van der Waals surface area contributed by atoms with Gasteiger partial charge in [-0.25, -0.2) is 4.79 Å². The minimum Gasteiger partial charge on any atom is -0.467 e. The summed E-state index contributed by atoms with van der Waals surface area (Å²) in [5.41, 5.74) is 1.78.